The molecule has 0 spiro atoms. The average molecular weight is 362 g/mol. The van der Waals surface area contributed by atoms with E-state index in [9.17, 15) is 4.79 Å². The quantitative estimate of drug-likeness (QED) is 0.911. The highest BCUT2D eigenvalue weighted by molar-refractivity contribution is 5.89. The van der Waals surface area contributed by atoms with Crippen LogP contribution < -0.4 is 10.2 Å². The first kappa shape index (κ1) is 16.8. The summed E-state index contributed by atoms with van der Waals surface area (Å²) >= 11 is 0. The highest BCUT2D eigenvalue weighted by Crippen LogP contribution is 2.39. The first-order valence-corrected chi connectivity index (χ1v) is 9.96. The smallest absolute Gasteiger partial charge is 0.221 e. The highest BCUT2D eigenvalue weighted by Gasteiger charge is 2.41. The number of nitrogens with zero attached hydrogens (tertiary/aromatic N) is 3. The van der Waals surface area contributed by atoms with E-state index >= 15 is 0 Å². The second-order valence-electron chi connectivity index (χ2n) is 8.42. The van der Waals surface area contributed by atoms with Gasteiger partial charge >= 0.3 is 0 Å². The highest BCUT2D eigenvalue weighted by atomic mass is 16.1. The fourth-order valence-electron chi connectivity index (χ4n) is 5.33. The normalized spacial score (nSPS) is 28.9. The van der Waals surface area contributed by atoms with Crippen LogP contribution in [0.1, 0.15) is 19.8 Å². The van der Waals surface area contributed by atoms with Gasteiger partial charge in [0.1, 0.15) is 0 Å². The van der Waals surface area contributed by atoms with Crippen LogP contribution in [-0.4, -0.2) is 48.0 Å². The molecule has 0 radical (unpaired) electrons. The summed E-state index contributed by atoms with van der Waals surface area (Å²) in [5.41, 5.74) is 4.24. The number of aromatic nitrogens is 1. The van der Waals surface area contributed by atoms with Gasteiger partial charge < -0.3 is 15.1 Å². The molecule has 4 aliphatic heterocycles. The van der Waals surface area contributed by atoms with Gasteiger partial charge in [-0.3, -0.25) is 9.78 Å². The van der Waals surface area contributed by atoms with Gasteiger partial charge in [-0.25, -0.2) is 0 Å². The number of rotatable bonds is 3. The molecular formula is C22H26N4O. The topological polar surface area (TPSA) is 48.5 Å². The fraction of sp³-hybridized carbons (Fsp3) is 0.455. The molecular weight excluding hydrogens is 336 g/mol. The molecule has 4 fully saturated rings. The number of amides is 1. The van der Waals surface area contributed by atoms with Gasteiger partial charge in [0.2, 0.25) is 5.91 Å². The fourth-order valence-corrected chi connectivity index (χ4v) is 5.33. The Hall–Kier alpha value is -2.40. The zero-order valence-corrected chi connectivity index (χ0v) is 15.8. The van der Waals surface area contributed by atoms with E-state index in [0.29, 0.717) is 6.04 Å². The Morgan fingerprint density at radius 1 is 1.04 bits per heavy atom. The molecule has 4 saturated heterocycles. The zero-order valence-electron chi connectivity index (χ0n) is 15.8. The third-order valence-electron chi connectivity index (χ3n) is 6.24. The lowest BCUT2D eigenvalue weighted by molar-refractivity contribution is -0.114. The van der Waals surface area contributed by atoms with Crippen molar-refractivity contribution in [3.8, 4) is 11.1 Å². The van der Waals surface area contributed by atoms with E-state index in [-0.39, 0.29) is 5.91 Å². The average Bonchev–Trinajstić information content (AvgIpc) is 2.85. The molecule has 5 heterocycles. The minimum absolute atomic E-state index is 0.0515. The molecule has 4 aliphatic rings. The van der Waals surface area contributed by atoms with Crippen molar-refractivity contribution in [2.45, 2.75) is 25.8 Å². The summed E-state index contributed by atoms with van der Waals surface area (Å²) in [6, 6.07) is 10.9. The Labute approximate surface area is 160 Å². The van der Waals surface area contributed by atoms with E-state index in [1.807, 2.05) is 30.6 Å². The first-order valence-electron chi connectivity index (χ1n) is 9.96. The van der Waals surface area contributed by atoms with Crippen LogP contribution in [0.2, 0.25) is 0 Å². The van der Waals surface area contributed by atoms with E-state index in [1.165, 1.54) is 45.1 Å². The second kappa shape index (κ2) is 6.64. The van der Waals surface area contributed by atoms with E-state index < -0.39 is 0 Å². The van der Waals surface area contributed by atoms with Crippen molar-refractivity contribution in [2.24, 2.45) is 11.8 Å². The van der Waals surface area contributed by atoms with Gasteiger partial charge in [-0.1, -0.05) is 12.1 Å². The maximum Gasteiger partial charge on any atom is 0.221 e. The molecule has 5 heteroatoms. The van der Waals surface area contributed by atoms with Crippen LogP contribution in [0.25, 0.3) is 11.1 Å². The Balaban J connectivity index is 1.45. The van der Waals surface area contributed by atoms with Crippen molar-refractivity contribution < 1.29 is 4.79 Å². The van der Waals surface area contributed by atoms with E-state index in [4.69, 9.17) is 0 Å². The van der Waals surface area contributed by atoms with Crippen LogP contribution >= 0.6 is 0 Å². The summed E-state index contributed by atoms with van der Waals surface area (Å²) in [6.45, 7) is 6.43. The predicted molar refractivity (Wildman–Crippen MR) is 108 cm³/mol. The lowest BCUT2D eigenvalue weighted by Crippen LogP contribution is -2.49. The van der Waals surface area contributed by atoms with Crippen LogP contribution in [-0.2, 0) is 4.79 Å². The van der Waals surface area contributed by atoms with Gasteiger partial charge in [-0.05, 0) is 48.4 Å². The van der Waals surface area contributed by atoms with Crippen LogP contribution in [0, 0.1) is 11.8 Å². The van der Waals surface area contributed by atoms with Crippen molar-refractivity contribution in [2.75, 3.05) is 36.4 Å². The molecule has 5 nitrogen and oxygen atoms in total. The molecule has 6 rings (SSSR count). The number of hydrogen-bond donors (Lipinski definition) is 1. The van der Waals surface area contributed by atoms with Crippen molar-refractivity contribution >= 4 is 17.3 Å². The number of carbonyl (C=O) groups excluding carboxylic acids is 1. The molecule has 2 aromatic rings. The lowest BCUT2D eigenvalue weighted by atomic mass is 9.84. The third-order valence-corrected chi connectivity index (χ3v) is 6.24. The van der Waals surface area contributed by atoms with E-state index in [2.05, 4.69) is 32.2 Å². The van der Waals surface area contributed by atoms with Crippen LogP contribution in [0.5, 0.6) is 0 Å². The van der Waals surface area contributed by atoms with Crippen molar-refractivity contribution in [3.63, 3.8) is 0 Å². The van der Waals surface area contributed by atoms with Gasteiger partial charge in [0, 0.05) is 56.6 Å². The zero-order chi connectivity index (χ0) is 18.4. The molecule has 27 heavy (non-hydrogen) atoms. The summed E-state index contributed by atoms with van der Waals surface area (Å²) < 4.78 is 0. The van der Waals surface area contributed by atoms with Crippen molar-refractivity contribution in [1.82, 2.24) is 9.88 Å². The molecule has 1 aromatic heterocycles. The monoisotopic (exact) mass is 362 g/mol. The summed E-state index contributed by atoms with van der Waals surface area (Å²) in [4.78, 5) is 21.2. The number of pyridine rings is 1. The minimum Gasteiger partial charge on any atom is -0.366 e. The van der Waals surface area contributed by atoms with Crippen LogP contribution in [0.15, 0.2) is 42.7 Å². The lowest BCUT2D eigenvalue weighted by Gasteiger charge is -2.41. The standard InChI is InChI=1S/C22H26N4O/c1-15(27)24-20-4-2-3-18(7-20)19-8-21(10-23-9-19)26-13-17-5-16-6-22(26)14-25(11-16)12-17/h2-4,7-10,16-17,22H,5-6,11-14H2,1H3,(H,24,27). The second-order valence-corrected chi connectivity index (χ2v) is 8.42. The molecule has 1 N–H and O–H groups in total. The first-order chi connectivity index (χ1) is 13.1. The predicted octanol–water partition coefficient (Wildman–Crippen LogP) is 3.24. The van der Waals surface area contributed by atoms with Crippen molar-refractivity contribution in [3.05, 3.63) is 42.7 Å². The SMILES string of the molecule is CC(=O)Nc1cccc(-c2cncc(N3CC4CC5CC3CN(C5)C4)c2)c1. The number of nitrogens with one attached hydrogen (secondary N) is 1. The van der Waals surface area contributed by atoms with E-state index in [1.54, 1.807) is 0 Å². The maximum absolute atomic E-state index is 11.4. The van der Waals surface area contributed by atoms with Gasteiger partial charge in [0.25, 0.3) is 0 Å². The molecule has 4 bridgehead atoms. The number of hydrogen-bond acceptors (Lipinski definition) is 4. The molecule has 1 amide bonds. The molecule has 1 aromatic carbocycles. The van der Waals surface area contributed by atoms with Gasteiger partial charge in [-0.2, -0.15) is 0 Å². The number of benzene rings is 1. The van der Waals surface area contributed by atoms with Gasteiger partial charge in [0.05, 0.1) is 11.9 Å². The molecule has 0 aliphatic carbocycles. The Bertz CT molecular complexity index is 853. The summed E-state index contributed by atoms with van der Waals surface area (Å²) in [7, 11) is 0. The molecule has 140 valence electrons. The Morgan fingerprint density at radius 2 is 1.93 bits per heavy atom. The summed E-state index contributed by atoms with van der Waals surface area (Å²) in [5, 5.41) is 2.87. The summed E-state index contributed by atoms with van der Waals surface area (Å²) in [5.74, 6) is 1.60. The van der Waals surface area contributed by atoms with Crippen LogP contribution in [0.3, 0.4) is 0 Å². The van der Waals surface area contributed by atoms with Gasteiger partial charge in [-0.15, -0.1) is 0 Å². The van der Waals surface area contributed by atoms with Crippen molar-refractivity contribution in [1.29, 1.82) is 0 Å². The maximum atomic E-state index is 11.4. The number of anilines is 2. The Kier molecular flexibility index (Phi) is 4.12. The number of fused-ring (bicyclic) bond motifs is 1. The van der Waals surface area contributed by atoms with Gasteiger partial charge in [0.15, 0.2) is 0 Å². The Morgan fingerprint density at radius 3 is 2.78 bits per heavy atom. The third kappa shape index (κ3) is 3.32. The van der Waals surface area contributed by atoms with E-state index in [0.717, 1.165) is 35.2 Å². The largest absolute Gasteiger partial charge is 0.366 e. The number of piperidine rings is 2. The number of carbonyl (C=O) groups is 1. The summed E-state index contributed by atoms with van der Waals surface area (Å²) in [6.07, 6.45) is 6.63. The molecule has 4 unspecified atom stereocenters. The molecule has 0 saturated carbocycles. The molecule has 4 atom stereocenters. The van der Waals surface area contributed by atoms with Crippen LogP contribution in [0.4, 0.5) is 11.4 Å². The minimum atomic E-state index is -0.0515.